The number of primary amides is 1. The first-order chi connectivity index (χ1) is 11.4. The summed E-state index contributed by atoms with van der Waals surface area (Å²) < 4.78 is 5.17. The van der Waals surface area contributed by atoms with E-state index in [1.165, 1.54) is 0 Å². The molecule has 0 unspecified atom stereocenters. The molecule has 24 heavy (non-hydrogen) atoms. The van der Waals surface area contributed by atoms with E-state index in [1.807, 2.05) is 38.1 Å². The molecule has 0 saturated heterocycles. The van der Waals surface area contributed by atoms with Crippen LogP contribution in [0.2, 0.25) is 0 Å². The van der Waals surface area contributed by atoms with Crippen molar-refractivity contribution in [3.8, 4) is 5.75 Å². The number of rotatable bonds is 6. The summed E-state index contributed by atoms with van der Waals surface area (Å²) in [7, 11) is 1.62. The van der Waals surface area contributed by atoms with Crippen molar-refractivity contribution in [2.75, 3.05) is 7.11 Å². The van der Waals surface area contributed by atoms with Crippen LogP contribution in [0.5, 0.6) is 5.75 Å². The lowest BCUT2D eigenvalue weighted by molar-refractivity contribution is 0.0924. The second-order valence-electron chi connectivity index (χ2n) is 5.91. The second-order valence-corrected chi connectivity index (χ2v) is 5.91. The zero-order valence-electron chi connectivity index (χ0n) is 14.1. The van der Waals surface area contributed by atoms with E-state index in [2.05, 4.69) is 5.32 Å². The summed E-state index contributed by atoms with van der Waals surface area (Å²) in [5.41, 5.74) is 7.08. The van der Waals surface area contributed by atoms with Crippen LogP contribution in [0.4, 0.5) is 0 Å². The van der Waals surface area contributed by atoms with Gasteiger partial charge in [-0.25, -0.2) is 0 Å². The molecule has 2 aromatic carbocycles. The molecule has 3 N–H and O–H groups in total. The molecule has 0 saturated carbocycles. The Morgan fingerprint density at radius 3 is 1.96 bits per heavy atom. The molecule has 0 radical (unpaired) electrons. The van der Waals surface area contributed by atoms with Crippen LogP contribution in [0.3, 0.4) is 0 Å². The standard InChI is InChI=1S/C19H22N2O3/c1-12(2)17(13-8-10-16(24-3)11-9-13)21-19(23)15-6-4-14(5-7-15)18(20)22/h4-12,17H,1-3H3,(H2,20,22)(H,21,23)/t17-/m1/s1. The SMILES string of the molecule is COc1ccc([C@H](NC(=O)c2ccc(C(N)=O)cc2)C(C)C)cc1. The Labute approximate surface area is 141 Å². The van der Waals surface area contributed by atoms with Crippen molar-refractivity contribution in [3.05, 3.63) is 65.2 Å². The minimum Gasteiger partial charge on any atom is -0.497 e. The van der Waals surface area contributed by atoms with E-state index in [-0.39, 0.29) is 17.9 Å². The Morgan fingerprint density at radius 1 is 0.958 bits per heavy atom. The summed E-state index contributed by atoms with van der Waals surface area (Å²) in [6, 6.07) is 13.8. The molecule has 0 aliphatic heterocycles. The maximum absolute atomic E-state index is 12.5. The number of nitrogens with two attached hydrogens (primary N) is 1. The zero-order valence-corrected chi connectivity index (χ0v) is 14.1. The number of carbonyl (C=O) groups excluding carboxylic acids is 2. The van der Waals surface area contributed by atoms with E-state index in [0.717, 1.165) is 11.3 Å². The number of benzene rings is 2. The van der Waals surface area contributed by atoms with Crippen molar-refractivity contribution in [1.82, 2.24) is 5.32 Å². The average Bonchev–Trinajstić information content (AvgIpc) is 2.59. The smallest absolute Gasteiger partial charge is 0.251 e. The van der Waals surface area contributed by atoms with E-state index < -0.39 is 5.91 Å². The third-order valence-electron chi connectivity index (χ3n) is 3.86. The van der Waals surface area contributed by atoms with Gasteiger partial charge in [0.15, 0.2) is 0 Å². The molecule has 2 aromatic rings. The minimum atomic E-state index is -0.514. The van der Waals surface area contributed by atoms with Crippen molar-refractivity contribution in [2.24, 2.45) is 11.7 Å². The van der Waals surface area contributed by atoms with Crippen LogP contribution in [-0.4, -0.2) is 18.9 Å². The monoisotopic (exact) mass is 326 g/mol. The maximum Gasteiger partial charge on any atom is 0.251 e. The summed E-state index contributed by atoms with van der Waals surface area (Å²) in [5.74, 6) is 0.280. The van der Waals surface area contributed by atoms with Gasteiger partial charge in [-0.05, 0) is 47.9 Å². The van der Waals surface area contributed by atoms with Crippen LogP contribution in [0.1, 0.15) is 46.2 Å². The first-order valence-electron chi connectivity index (χ1n) is 7.77. The molecule has 2 amide bonds. The first-order valence-corrected chi connectivity index (χ1v) is 7.77. The number of amides is 2. The lowest BCUT2D eigenvalue weighted by atomic mass is 9.95. The molecule has 5 heteroatoms. The third-order valence-corrected chi connectivity index (χ3v) is 3.86. The van der Waals surface area contributed by atoms with Crippen LogP contribution in [0, 0.1) is 5.92 Å². The summed E-state index contributed by atoms with van der Waals surface area (Å²) in [4.78, 5) is 23.6. The molecular weight excluding hydrogens is 304 g/mol. The predicted molar refractivity (Wildman–Crippen MR) is 93.0 cm³/mol. The Balaban J connectivity index is 2.17. The summed E-state index contributed by atoms with van der Waals surface area (Å²) >= 11 is 0. The van der Waals surface area contributed by atoms with E-state index >= 15 is 0 Å². The fourth-order valence-electron chi connectivity index (χ4n) is 2.46. The largest absolute Gasteiger partial charge is 0.497 e. The Morgan fingerprint density at radius 2 is 1.50 bits per heavy atom. The Kier molecular flexibility index (Phi) is 5.58. The molecule has 0 aliphatic carbocycles. The average molecular weight is 326 g/mol. The van der Waals surface area contributed by atoms with Crippen molar-refractivity contribution in [3.63, 3.8) is 0 Å². The molecule has 0 aliphatic rings. The highest BCUT2D eigenvalue weighted by Crippen LogP contribution is 2.24. The minimum absolute atomic E-state index is 0.126. The molecule has 2 rings (SSSR count). The maximum atomic E-state index is 12.5. The van der Waals surface area contributed by atoms with Gasteiger partial charge in [0.1, 0.15) is 5.75 Å². The van der Waals surface area contributed by atoms with E-state index in [1.54, 1.807) is 31.4 Å². The van der Waals surface area contributed by atoms with Crippen molar-refractivity contribution < 1.29 is 14.3 Å². The molecular formula is C19H22N2O3. The molecule has 0 bridgehead atoms. The van der Waals surface area contributed by atoms with Crippen LogP contribution in [0.15, 0.2) is 48.5 Å². The Bertz CT molecular complexity index is 706. The number of hydrogen-bond donors (Lipinski definition) is 2. The zero-order chi connectivity index (χ0) is 17.7. The molecule has 0 fully saturated rings. The van der Waals surface area contributed by atoms with Crippen LogP contribution < -0.4 is 15.8 Å². The van der Waals surface area contributed by atoms with Crippen LogP contribution in [-0.2, 0) is 0 Å². The highest BCUT2D eigenvalue weighted by Gasteiger charge is 2.19. The third kappa shape index (κ3) is 4.13. The van der Waals surface area contributed by atoms with E-state index in [9.17, 15) is 9.59 Å². The van der Waals surface area contributed by atoms with Gasteiger partial charge >= 0.3 is 0 Å². The van der Waals surface area contributed by atoms with Gasteiger partial charge in [-0.2, -0.15) is 0 Å². The highest BCUT2D eigenvalue weighted by atomic mass is 16.5. The van der Waals surface area contributed by atoms with Gasteiger partial charge in [-0.15, -0.1) is 0 Å². The highest BCUT2D eigenvalue weighted by molar-refractivity contribution is 5.97. The number of hydrogen-bond acceptors (Lipinski definition) is 3. The van der Waals surface area contributed by atoms with Gasteiger partial charge in [0, 0.05) is 11.1 Å². The van der Waals surface area contributed by atoms with E-state index in [0.29, 0.717) is 11.1 Å². The topological polar surface area (TPSA) is 81.4 Å². The van der Waals surface area contributed by atoms with Gasteiger partial charge in [-0.3, -0.25) is 9.59 Å². The summed E-state index contributed by atoms with van der Waals surface area (Å²) in [6.45, 7) is 4.09. The van der Waals surface area contributed by atoms with Gasteiger partial charge in [0.2, 0.25) is 5.91 Å². The molecule has 0 heterocycles. The first kappa shape index (κ1) is 17.5. The molecule has 0 spiro atoms. The lowest BCUT2D eigenvalue weighted by Gasteiger charge is -2.23. The normalized spacial score (nSPS) is 11.8. The van der Waals surface area contributed by atoms with Crippen LogP contribution in [0.25, 0.3) is 0 Å². The van der Waals surface area contributed by atoms with Crippen molar-refractivity contribution in [2.45, 2.75) is 19.9 Å². The quantitative estimate of drug-likeness (QED) is 0.856. The fourth-order valence-corrected chi connectivity index (χ4v) is 2.46. The van der Waals surface area contributed by atoms with Gasteiger partial charge in [0.05, 0.1) is 13.2 Å². The second kappa shape index (κ2) is 7.64. The van der Waals surface area contributed by atoms with Crippen LogP contribution >= 0.6 is 0 Å². The lowest BCUT2D eigenvalue weighted by Crippen LogP contribution is -2.31. The van der Waals surface area contributed by atoms with E-state index in [4.69, 9.17) is 10.5 Å². The summed E-state index contributed by atoms with van der Waals surface area (Å²) in [6.07, 6.45) is 0. The molecule has 126 valence electrons. The summed E-state index contributed by atoms with van der Waals surface area (Å²) in [5, 5.41) is 3.04. The van der Waals surface area contributed by atoms with Crippen molar-refractivity contribution in [1.29, 1.82) is 0 Å². The van der Waals surface area contributed by atoms with Gasteiger partial charge in [-0.1, -0.05) is 26.0 Å². The molecule has 1 atom stereocenters. The fraction of sp³-hybridized carbons (Fsp3) is 0.263. The number of nitrogens with one attached hydrogen (secondary N) is 1. The van der Waals surface area contributed by atoms with Crippen molar-refractivity contribution >= 4 is 11.8 Å². The predicted octanol–water partition coefficient (Wildman–Crippen LogP) is 2.92. The molecule has 5 nitrogen and oxygen atoms in total. The molecule has 0 aromatic heterocycles. The Hall–Kier alpha value is -2.82. The van der Waals surface area contributed by atoms with Gasteiger partial charge in [0.25, 0.3) is 5.91 Å². The number of carbonyl (C=O) groups is 2. The number of methoxy groups -OCH3 is 1. The van der Waals surface area contributed by atoms with Gasteiger partial charge < -0.3 is 15.8 Å². The number of ether oxygens (including phenoxy) is 1.